The minimum atomic E-state index is -0.655. The highest BCUT2D eigenvalue weighted by molar-refractivity contribution is 5.28. The Morgan fingerprint density at radius 1 is 1.06 bits per heavy atom. The molecule has 0 saturated carbocycles. The van der Waals surface area contributed by atoms with Crippen LogP contribution >= 0.6 is 0 Å². The number of benzene rings is 1. The molecule has 34 heavy (non-hydrogen) atoms. The highest BCUT2D eigenvalue weighted by Gasteiger charge is 2.59. The average molecular weight is 478 g/mol. The van der Waals surface area contributed by atoms with Gasteiger partial charge in [-0.25, -0.2) is 0 Å². The first kappa shape index (κ1) is 25.9. The molecule has 0 aliphatic carbocycles. The topological polar surface area (TPSA) is 72.9 Å². The van der Waals surface area contributed by atoms with Gasteiger partial charge >= 0.3 is 0 Å². The number of piperidine rings is 1. The smallest absolute Gasteiger partial charge is 0.172 e. The lowest BCUT2D eigenvalue weighted by Crippen LogP contribution is -2.69. The van der Waals surface area contributed by atoms with Gasteiger partial charge in [-0.3, -0.25) is 4.84 Å². The van der Waals surface area contributed by atoms with Gasteiger partial charge in [-0.05, 0) is 51.3 Å². The predicted octanol–water partition coefficient (Wildman–Crippen LogP) is 4.63. The molecule has 1 aromatic carbocycles. The normalized spacial score (nSPS) is 33.6. The molecule has 7 heteroatoms. The van der Waals surface area contributed by atoms with Crippen LogP contribution in [0, 0.1) is 5.41 Å². The van der Waals surface area contributed by atoms with E-state index in [4.69, 9.17) is 23.8 Å². The number of hydrogen-bond acceptors (Lipinski definition) is 7. The van der Waals surface area contributed by atoms with Gasteiger partial charge in [-0.2, -0.15) is 5.06 Å². The summed E-state index contributed by atoms with van der Waals surface area (Å²) >= 11 is 0. The molecule has 3 heterocycles. The molecule has 3 saturated heterocycles. The van der Waals surface area contributed by atoms with E-state index in [1.165, 1.54) is 0 Å². The van der Waals surface area contributed by atoms with Gasteiger partial charge in [0.2, 0.25) is 0 Å². The minimum absolute atomic E-state index is 0.0596. The molecule has 192 valence electrons. The van der Waals surface area contributed by atoms with E-state index in [2.05, 4.69) is 51.8 Å². The zero-order chi connectivity index (χ0) is 24.6. The minimum Gasteiger partial charge on any atom is -0.491 e. The van der Waals surface area contributed by atoms with Crippen molar-refractivity contribution >= 4 is 0 Å². The second kappa shape index (κ2) is 9.68. The largest absolute Gasteiger partial charge is 0.491 e. The Morgan fingerprint density at radius 3 is 2.21 bits per heavy atom. The van der Waals surface area contributed by atoms with Crippen molar-refractivity contribution < 1.29 is 28.9 Å². The molecule has 0 amide bonds. The molecule has 1 spiro atoms. The summed E-state index contributed by atoms with van der Waals surface area (Å²) in [5.74, 6) is 0.196. The maximum Gasteiger partial charge on any atom is 0.172 e. The van der Waals surface area contributed by atoms with Gasteiger partial charge in [0, 0.05) is 23.8 Å². The summed E-state index contributed by atoms with van der Waals surface area (Å²) in [6.45, 7) is 15.4. The van der Waals surface area contributed by atoms with Crippen LogP contribution in [0.5, 0.6) is 5.75 Å². The number of aliphatic hydroxyl groups excluding tert-OH is 1. The van der Waals surface area contributed by atoms with Crippen LogP contribution in [0.2, 0.25) is 0 Å². The molecule has 2 atom stereocenters. The van der Waals surface area contributed by atoms with E-state index in [0.29, 0.717) is 26.2 Å². The third kappa shape index (κ3) is 5.30. The fourth-order valence-corrected chi connectivity index (χ4v) is 5.45. The van der Waals surface area contributed by atoms with Crippen molar-refractivity contribution in [3.8, 4) is 5.75 Å². The van der Waals surface area contributed by atoms with Gasteiger partial charge < -0.3 is 24.1 Å². The molecule has 4 rings (SSSR count). The molecule has 7 nitrogen and oxygen atoms in total. The summed E-state index contributed by atoms with van der Waals surface area (Å²) in [5.41, 5.74) is 0.228. The summed E-state index contributed by atoms with van der Waals surface area (Å²) in [5, 5.41) is 12.0. The average Bonchev–Trinajstić information content (AvgIpc) is 3.66. The summed E-state index contributed by atoms with van der Waals surface area (Å²) < 4.78 is 23.8. The van der Waals surface area contributed by atoms with Gasteiger partial charge in [0.15, 0.2) is 5.79 Å². The third-order valence-electron chi connectivity index (χ3n) is 7.80. The fraction of sp³-hybridized carbons (Fsp3) is 0.778. The maximum absolute atomic E-state index is 9.76. The Balaban J connectivity index is 1.49. The van der Waals surface area contributed by atoms with E-state index in [9.17, 15) is 5.11 Å². The molecular weight excluding hydrogens is 434 g/mol. The van der Waals surface area contributed by atoms with Crippen molar-refractivity contribution in [2.75, 3.05) is 33.0 Å². The Hall–Kier alpha value is -1.22. The van der Waals surface area contributed by atoms with Crippen molar-refractivity contribution in [2.45, 2.75) is 96.3 Å². The first-order valence-corrected chi connectivity index (χ1v) is 12.8. The monoisotopic (exact) mass is 477 g/mol. The second-order valence-electron chi connectivity index (χ2n) is 11.4. The number of rotatable bonds is 9. The molecule has 0 aromatic heterocycles. The maximum atomic E-state index is 9.76. The van der Waals surface area contributed by atoms with Crippen molar-refractivity contribution in [3.05, 3.63) is 29.8 Å². The van der Waals surface area contributed by atoms with Gasteiger partial charge in [0.05, 0.1) is 32.0 Å². The first-order chi connectivity index (χ1) is 16.1. The van der Waals surface area contributed by atoms with Crippen LogP contribution in [0.15, 0.2) is 24.3 Å². The molecule has 3 aliphatic heterocycles. The van der Waals surface area contributed by atoms with Crippen LogP contribution in [0.25, 0.3) is 0 Å². The van der Waals surface area contributed by atoms with E-state index in [1.54, 1.807) is 0 Å². The van der Waals surface area contributed by atoms with Crippen LogP contribution in [-0.2, 0) is 19.0 Å². The van der Waals surface area contributed by atoms with Gasteiger partial charge in [0.25, 0.3) is 0 Å². The fourth-order valence-electron chi connectivity index (χ4n) is 5.45. The molecule has 3 fully saturated rings. The van der Waals surface area contributed by atoms with Crippen LogP contribution < -0.4 is 4.74 Å². The van der Waals surface area contributed by atoms with Gasteiger partial charge in [0.1, 0.15) is 24.6 Å². The summed E-state index contributed by atoms with van der Waals surface area (Å²) in [6, 6.07) is 8.16. The number of epoxide rings is 1. The molecule has 0 radical (unpaired) electrons. The van der Waals surface area contributed by atoms with Gasteiger partial charge in [-0.1, -0.05) is 32.9 Å². The number of hydrogen-bond donors (Lipinski definition) is 1. The van der Waals surface area contributed by atoms with E-state index < -0.39 is 5.79 Å². The molecule has 2 unspecified atom stereocenters. The van der Waals surface area contributed by atoms with Crippen LogP contribution in [0.4, 0.5) is 0 Å². The Labute approximate surface area is 204 Å². The quantitative estimate of drug-likeness (QED) is 0.520. The predicted molar refractivity (Wildman–Crippen MR) is 129 cm³/mol. The Bertz CT molecular complexity index is 809. The zero-order valence-corrected chi connectivity index (χ0v) is 21.8. The highest BCUT2D eigenvalue weighted by atomic mass is 16.7. The lowest BCUT2D eigenvalue weighted by atomic mass is 9.72. The van der Waals surface area contributed by atoms with Crippen molar-refractivity contribution in [2.24, 2.45) is 5.41 Å². The molecule has 1 aromatic rings. The SMILES string of the molecule is CCC1(CC)CC2(CC(C)(C)N1OC(C)c1ccc(OCC3CO3)cc1)OCC(C)(CO)CO2. The van der Waals surface area contributed by atoms with Crippen molar-refractivity contribution in [3.63, 3.8) is 0 Å². The number of aliphatic hydroxyl groups is 1. The molecule has 1 N–H and O–H groups in total. The van der Waals surface area contributed by atoms with E-state index in [0.717, 1.165) is 37.2 Å². The first-order valence-electron chi connectivity index (χ1n) is 12.8. The number of nitrogens with zero attached hydrogens (tertiary/aromatic N) is 1. The highest BCUT2D eigenvalue weighted by Crippen LogP contribution is 2.52. The molecule has 3 aliphatic rings. The van der Waals surface area contributed by atoms with Crippen molar-refractivity contribution in [1.82, 2.24) is 5.06 Å². The Morgan fingerprint density at radius 2 is 1.68 bits per heavy atom. The third-order valence-corrected chi connectivity index (χ3v) is 7.80. The lowest BCUT2D eigenvalue weighted by Gasteiger charge is -2.61. The summed E-state index contributed by atoms with van der Waals surface area (Å²) in [4.78, 5) is 6.76. The van der Waals surface area contributed by atoms with E-state index in [1.807, 2.05) is 19.1 Å². The zero-order valence-electron chi connectivity index (χ0n) is 21.8. The standard InChI is InChI=1S/C27H43NO6/c1-7-26(8-2)16-27(32-18-25(6,17-29)19-33-27)15-24(4,5)28(26)34-20(3)21-9-11-22(12-10-21)30-13-23-14-31-23/h9-12,20,23,29H,7-8,13-19H2,1-6H3. The van der Waals surface area contributed by atoms with Crippen LogP contribution in [-0.4, -0.2) is 66.2 Å². The molecular formula is C27H43NO6. The molecule has 0 bridgehead atoms. The van der Waals surface area contributed by atoms with Gasteiger partial charge in [-0.15, -0.1) is 0 Å². The van der Waals surface area contributed by atoms with E-state index >= 15 is 0 Å². The van der Waals surface area contributed by atoms with Crippen LogP contribution in [0.1, 0.15) is 78.9 Å². The second-order valence-corrected chi connectivity index (χ2v) is 11.4. The number of hydroxylamine groups is 2. The lowest BCUT2D eigenvalue weighted by molar-refractivity contribution is -0.395. The van der Waals surface area contributed by atoms with Crippen LogP contribution in [0.3, 0.4) is 0 Å². The summed E-state index contributed by atoms with van der Waals surface area (Å²) in [7, 11) is 0. The summed E-state index contributed by atoms with van der Waals surface area (Å²) in [6.07, 6.45) is 3.41. The van der Waals surface area contributed by atoms with E-state index in [-0.39, 0.29) is 35.3 Å². The Kier molecular flexibility index (Phi) is 7.36. The number of ether oxygens (including phenoxy) is 4. The van der Waals surface area contributed by atoms with Crippen molar-refractivity contribution in [1.29, 1.82) is 0 Å².